The maximum absolute atomic E-state index is 5.99. The lowest BCUT2D eigenvalue weighted by Gasteiger charge is -2.23. The van der Waals surface area contributed by atoms with E-state index in [1.54, 1.807) is 0 Å². The fourth-order valence-corrected chi connectivity index (χ4v) is 4.25. The SMILES string of the molecule is ClCCc1nc2ccccc2n1C1CCN2CCCC12. The van der Waals surface area contributed by atoms with Crippen LogP contribution in [0.5, 0.6) is 0 Å². The number of aryl methyl sites for hydroxylation is 1. The smallest absolute Gasteiger partial charge is 0.111 e. The van der Waals surface area contributed by atoms with Crippen LogP contribution in [0.4, 0.5) is 0 Å². The highest BCUT2D eigenvalue weighted by Gasteiger charge is 2.39. The second kappa shape index (κ2) is 5.05. The predicted molar refractivity (Wildman–Crippen MR) is 82.4 cm³/mol. The third-order valence-corrected chi connectivity index (χ3v) is 5.08. The Morgan fingerprint density at radius 1 is 1.15 bits per heavy atom. The fraction of sp³-hybridized carbons (Fsp3) is 0.562. The van der Waals surface area contributed by atoms with Crippen LogP contribution in [0.3, 0.4) is 0 Å². The van der Waals surface area contributed by atoms with Crippen LogP contribution in [0.1, 0.15) is 31.1 Å². The molecule has 2 aliphatic heterocycles. The van der Waals surface area contributed by atoms with Crippen LogP contribution in [0.25, 0.3) is 11.0 Å². The summed E-state index contributed by atoms with van der Waals surface area (Å²) in [5.74, 6) is 1.81. The van der Waals surface area contributed by atoms with Crippen molar-refractivity contribution in [3.63, 3.8) is 0 Å². The van der Waals surface area contributed by atoms with Gasteiger partial charge in [-0.05, 0) is 37.9 Å². The molecule has 0 saturated carbocycles. The zero-order valence-corrected chi connectivity index (χ0v) is 12.4. The Morgan fingerprint density at radius 3 is 2.95 bits per heavy atom. The summed E-state index contributed by atoms with van der Waals surface area (Å²) >= 11 is 5.99. The molecule has 0 bridgehead atoms. The van der Waals surface area contributed by atoms with E-state index >= 15 is 0 Å². The lowest BCUT2D eigenvalue weighted by atomic mass is 10.1. The zero-order chi connectivity index (χ0) is 13.5. The molecule has 2 saturated heterocycles. The van der Waals surface area contributed by atoms with Gasteiger partial charge in [0.05, 0.1) is 17.1 Å². The largest absolute Gasteiger partial charge is 0.323 e. The summed E-state index contributed by atoms with van der Waals surface area (Å²) < 4.78 is 2.49. The van der Waals surface area contributed by atoms with Crippen molar-refractivity contribution >= 4 is 22.6 Å². The molecule has 1 aromatic carbocycles. The first-order valence-electron chi connectivity index (χ1n) is 7.64. The molecule has 2 fully saturated rings. The number of para-hydroxylation sites is 2. The number of hydrogen-bond acceptors (Lipinski definition) is 2. The molecule has 106 valence electrons. The Balaban J connectivity index is 1.82. The van der Waals surface area contributed by atoms with Crippen LogP contribution < -0.4 is 0 Å². The number of benzene rings is 1. The highest BCUT2D eigenvalue weighted by molar-refractivity contribution is 6.17. The van der Waals surface area contributed by atoms with E-state index in [9.17, 15) is 0 Å². The van der Waals surface area contributed by atoms with Gasteiger partial charge in [0.15, 0.2) is 0 Å². The van der Waals surface area contributed by atoms with Gasteiger partial charge in [-0.3, -0.25) is 4.90 Å². The fourth-order valence-electron chi connectivity index (χ4n) is 4.08. The van der Waals surface area contributed by atoms with Crippen molar-refractivity contribution in [3.05, 3.63) is 30.1 Å². The summed E-state index contributed by atoms with van der Waals surface area (Å²) in [6.07, 6.45) is 4.79. The van der Waals surface area contributed by atoms with Gasteiger partial charge in [-0.1, -0.05) is 12.1 Å². The van der Waals surface area contributed by atoms with Crippen molar-refractivity contribution < 1.29 is 0 Å². The average molecular weight is 290 g/mol. The van der Waals surface area contributed by atoms with E-state index in [1.165, 1.54) is 43.7 Å². The van der Waals surface area contributed by atoms with E-state index in [4.69, 9.17) is 16.6 Å². The number of nitrogens with zero attached hydrogens (tertiary/aromatic N) is 3. The number of alkyl halides is 1. The van der Waals surface area contributed by atoms with E-state index in [0.717, 1.165) is 11.9 Å². The molecule has 0 radical (unpaired) electrons. The van der Waals surface area contributed by atoms with Gasteiger partial charge in [-0.25, -0.2) is 4.98 Å². The molecule has 2 unspecified atom stereocenters. The molecular weight excluding hydrogens is 270 g/mol. The van der Waals surface area contributed by atoms with Gasteiger partial charge in [0.25, 0.3) is 0 Å². The molecule has 2 aromatic rings. The van der Waals surface area contributed by atoms with Gasteiger partial charge in [-0.2, -0.15) is 0 Å². The van der Waals surface area contributed by atoms with Gasteiger partial charge in [-0.15, -0.1) is 11.6 Å². The Morgan fingerprint density at radius 2 is 2.05 bits per heavy atom. The molecular formula is C16H20ClN3. The highest BCUT2D eigenvalue weighted by atomic mass is 35.5. The zero-order valence-electron chi connectivity index (χ0n) is 11.6. The molecule has 3 nitrogen and oxygen atoms in total. The minimum atomic E-state index is 0.586. The van der Waals surface area contributed by atoms with Gasteiger partial charge >= 0.3 is 0 Å². The van der Waals surface area contributed by atoms with Gasteiger partial charge in [0, 0.05) is 24.9 Å². The maximum Gasteiger partial charge on any atom is 0.111 e. The first-order valence-corrected chi connectivity index (χ1v) is 8.18. The van der Waals surface area contributed by atoms with Crippen LogP contribution >= 0.6 is 11.6 Å². The lowest BCUT2D eigenvalue weighted by molar-refractivity contribution is 0.290. The Hall–Kier alpha value is -1.06. The Labute approximate surface area is 124 Å². The van der Waals surface area contributed by atoms with Crippen molar-refractivity contribution in [1.82, 2.24) is 14.5 Å². The quantitative estimate of drug-likeness (QED) is 0.809. The van der Waals surface area contributed by atoms with Crippen molar-refractivity contribution in [3.8, 4) is 0 Å². The second-order valence-electron chi connectivity index (χ2n) is 5.93. The third-order valence-electron chi connectivity index (χ3n) is 4.89. The van der Waals surface area contributed by atoms with E-state index in [-0.39, 0.29) is 0 Å². The molecule has 0 aliphatic carbocycles. The molecule has 0 N–H and O–H groups in total. The monoisotopic (exact) mass is 289 g/mol. The van der Waals surface area contributed by atoms with Crippen molar-refractivity contribution in [2.24, 2.45) is 0 Å². The topological polar surface area (TPSA) is 21.1 Å². The van der Waals surface area contributed by atoms with Crippen molar-refractivity contribution in [1.29, 1.82) is 0 Å². The molecule has 4 rings (SSSR count). The number of hydrogen-bond donors (Lipinski definition) is 0. The molecule has 2 aliphatic rings. The normalized spacial score (nSPS) is 26.4. The predicted octanol–water partition coefficient (Wildman–Crippen LogP) is 3.23. The van der Waals surface area contributed by atoms with Gasteiger partial charge < -0.3 is 4.57 Å². The summed E-state index contributed by atoms with van der Waals surface area (Å²) in [7, 11) is 0. The maximum atomic E-state index is 5.99. The standard InChI is InChI=1S/C16H20ClN3/c17-9-7-16-18-12-4-1-2-5-13(12)20(16)15-8-11-19-10-3-6-14(15)19/h1-2,4-5,14-15H,3,6-11H2. The lowest BCUT2D eigenvalue weighted by Crippen LogP contribution is -2.28. The first kappa shape index (κ1) is 12.7. The van der Waals surface area contributed by atoms with E-state index in [0.29, 0.717) is 18.0 Å². The second-order valence-corrected chi connectivity index (χ2v) is 6.31. The summed E-state index contributed by atoms with van der Waals surface area (Å²) in [6.45, 7) is 2.51. The van der Waals surface area contributed by atoms with Gasteiger partial charge in [0.2, 0.25) is 0 Å². The minimum absolute atomic E-state index is 0.586. The molecule has 0 amide bonds. The Bertz CT molecular complexity index is 621. The Kier molecular flexibility index (Phi) is 3.20. The first-order chi connectivity index (χ1) is 9.88. The van der Waals surface area contributed by atoms with E-state index in [2.05, 4.69) is 33.7 Å². The van der Waals surface area contributed by atoms with Crippen LogP contribution in [0.2, 0.25) is 0 Å². The summed E-state index contributed by atoms with van der Waals surface area (Å²) in [5, 5.41) is 0. The molecule has 3 heterocycles. The summed E-state index contributed by atoms with van der Waals surface area (Å²) in [4.78, 5) is 7.48. The molecule has 0 spiro atoms. The molecule has 20 heavy (non-hydrogen) atoms. The van der Waals surface area contributed by atoms with Crippen LogP contribution in [0.15, 0.2) is 24.3 Å². The molecule has 1 aromatic heterocycles. The minimum Gasteiger partial charge on any atom is -0.323 e. The summed E-state index contributed by atoms with van der Waals surface area (Å²) in [6, 6.07) is 9.81. The van der Waals surface area contributed by atoms with Crippen LogP contribution in [-0.2, 0) is 6.42 Å². The molecule has 4 heteroatoms. The number of rotatable bonds is 3. The van der Waals surface area contributed by atoms with Crippen LogP contribution in [-0.4, -0.2) is 39.5 Å². The number of aromatic nitrogens is 2. The van der Waals surface area contributed by atoms with Crippen molar-refractivity contribution in [2.75, 3.05) is 19.0 Å². The van der Waals surface area contributed by atoms with E-state index in [1.807, 2.05) is 0 Å². The average Bonchev–Trinajstić information content (AvgIpc) is 3.12. The van der Waals surface area contributed by atoms with Crippen molar-refractivity contribution in [2.45, 2.75) is 37.8 Å². The number of imidazole rings is 1. The highest BCUT2D eigenvalue weighted by Crippen LogP contribution is 2.38. The number of fused-ring (bicyclic) bond motifs is 2. The van der Waals surface area contributed by atoms with E-state index < -0.39 is 0 Å². The third kappa shape index (κ3) is 1.87. The summed E-state index contributed by atoms with van der Waals surface area (Å²) in [5.41, 5.74) is 2.40. The number of halogens is 1. The van der Waals surface area contributed by atoms with Crippen LogP contribution in [0, 0.1) is 0 Å². The van der Waals surface area contributed by atoms with Gasteiger partial charge in [0.1, 0.15) is 5.82 Å². The molecule has 2 atom stereocenters.